The highest BCUT2D eigenvalue weighted by Gasteiger charge is 2.19. The minimum Gasteiger partial charge on any atom is -0.331 e. The van der Waals surface area contributed by atoms with Gasteiger partial charge in [0.15, 0.2) is 5.69 Å². The average Bonchev–Trinajstić information content (AvgIpc) is 3.05. The zero-order valence-electron chi connectivity index (χ0n) is 15.0. The Labute approximate surface area is 165 Å². The fraction of sp³-hybridized carbons (Fsp3) is 0.150. The predicted molar refractivity (Wildman–Crippen MR) is 108 cm³/mol. The van der Waals surface area contributed by atoms with E-state index in [0.29, 0.717) is 11.4 Å². The minimum atomic E-state index is -0.310. The Morgan fingerprint density at radius 3 is 2.48 bits per heavy atom. The lowest BCUT2D eigenvalue weighted by atomic mass is 10.3. The summed E-state index contributed by atoms with van der Waals surface area (Å²) < 4.78 is 2.49. The van der Waals surface area contributed by atoms with Gasteiger partial charge in [-0.15, -0.1) is 0 Å². The molecule has 1 heterocycles. The summed E-state index contributed by atoms with van der Waals surface area (Å²) in [6.45, 7) is 1.81. The molecule has 7 heteroatoms. The SMILES string of the molecule is Cc1cc(C(=O)N(C)CC(=O)Nc2ccccc2Br)nn1-c1ccccc1. The topological polar surface area (TPSA) is 67.2 Å². The van der Waals surface area contributed by atoms with Crippen LogP contribution in [0.1, 0.15) is 16.2 Å². The Morgan fingerprint density at radius 1 is 1.11 bits per heavy atom. The summed E-state index contributed by atoms with van der Waals surface area (Å²) in [5.41, 5.74) is 2.68. The average molecular weight is 427 g/mol. The third-order valence-electron chi connectivity index (χ3n) is 3.98. The maximum Gasteiger partial charge on any atom is 0.274 e. The third kappa shape index (κ3) is 4.43. The first-order chi connectivity index (χ1) is 13.0. The summed E-state index contributed by atoms with van der Waals surface area (Å²) in [5.74, 6) is -0.591. The van der Waals surface area contributed by atoms with Crippen molar-refractivity contribution in [1.29, 1.82) is 0 Å². The van der Waals surface area contributed by atoms with Gasteiger partial charge in [0.2, 0.25) is 5.91 Å². The predicted octanol–water partition coefficient (Wildman–Crippen LogP) is 3.65. The van der Waals surface area contributed by atoms with Crippen molar-refractivity contribution in [3.8, 4) is 5.69 Å². The quantitative estimate of drug-likeness (QED) is 0.676. The van der Waals surface area contributed by atoms with Crippen molar-refractivity contribution in [3.63, 3.8) is 0 Å². The summed E-state index contributed by atoms with van der Waals surface area (Å²) in [5, 5.41) is 7.18. The number of anilines is 1. The normalized spacial score (nSPS) is 10.5. The van der Waals surface area contributed by atoms with Crippen molar-refractivity contribution in [1.82, 2.24) is 14.7 Å². The van der Waals surface area contributed by atoms with Gasteiger partial charge < -0.3 is 10.2 Å². The van der Waals surface area contributed by atoms with Crippen molar-refractivity contribution in [2.24, 2.45) is 0 Å². The van der Waals surface area contributed by atoms with Gasteiger partial charge >= 0.3 is 0 Å². The van der Waals surface area contributed by atoms with Crippen LogP contribution in [0.2, 0.25) is 0 Å². The molecule has 1 N–H and O–H groups in total. The first-order valence-electron chi connectivity index (χ1n) is 8.37. The van der Waals surface area contributed by atoms with E-state index in [0.717, 1.165) is 15.9 Å². The number of carbonyl (C=O) groups is 2. The van der Waals surface area contributed by atoms with Crippen molar-refractivity contribution in [3.05, 3.63) is 76.5 Å². The van der Waals surface area contributed by atoms with E-state index in [1.54, 1.807) is 23.9 Å². The van der Waals surface area contributed by atoms with Gasteiger partial charge in [-0.25, -0.2) is 4.68 Å². The molecule has 2 aromatic carbocycles. The summed E-state index contributed by atoms with van der Waals surface area (Å²) in [4.78, 5) is 26.3. The number of aryl methyl sites for hydroxylation is 1. The molecule has 3 rings (SSSR count). The second-order valence-electron chi connectivity index (χ2n) is 6.11. The Balaban J connectivity index is 1.69. The van der Waals surface area contributed by atoms with Crippen molar-refractivity contribution < 1.29 is 9.59 Å². The molecule has 6 nitrogen and oxygen atoms in total. The van der Waals surface area contributed by atoms with Gasteiger partial charge in [-0.1, -0.05) is 30.3 Å². The summed E-state index contributed by atoms with van der Waals surface area (Å²) in [7, 11) is 1.58. The highest BCUT2D eigenvalue weighted by Crippen LogP contribution is 2.21. The summed E-state index contributed by atoms with van der Waals surface area (Å²) in [6.07, 6.45) is 0. The number of para-hydroxylation sites is 2. The second-order valence-corrected chi connectivity index (χ2v) is 6.96. The van der Waals surface area contributed by atoms with Crippen LogP contribution in [-0.4, -0.2) is 40.1 Å². The van der Waals surface area contributed by atoms with Gasteiger partial charge in [0.05, 0.1) is 17.9 Å². The van der Waals surface area contributed by atoms with Crippen molar-refractivity contribution in [2.45, 2.75) is 6.92 Å². The number of likely N-dealkylation sites (N-methyl/N-ethyl adjacent to an activating group) is 1. The van der Waals surface area contributed by atoms with Gasteiger partial charge in [-0.05, 0) is 53.2 Å². The largest absolute Gasteiger partial charge is 0.331 e. The molecular weight excluding hydrogens is 408 g/mol. The van der Waals surface area contributed by atoms with Crippen LogP contribution in [0.15, 0.2) is 65.1 Å². The monoisotopic (exact) mass is 426 g/mol. The standard InChI is InChI=1S/C20H19BrN4O2/c1-14-12-18(23-25(14)15-8-4-3-5-9-15)20(27)24(2)13-19(26)22-17-11-7-6-10-16(17)21/h3-12H,13H2,1-2H3,(H,22,26). The molecular formula is C20H19BrN4O2. The number of benzene rings is 2. The molecule has 0 aliphatic heterocycles. The molecule has 0 spiro atoms. The van der Waals surface area contributed by atoms with Crippen LogP contribution in [0, 0.1) is 6.92 Å². The number of halogens is 1. The van der Waals surface area contributed by atoms with Crippen LogP contribution >= 0.6 is 15.9 Å². The zero-order valence-corrected chi connectivity index (χ0v) is 16.6. The van der Waals surface area contributed by atoms with Crippen LogP contribution in [0.5, 0.6) is 0 Å². The van der Waals surface area contributed by atoms with Gasteiger partial charge in [-0.2, -0.15) is 5.10 Å². The maximum atomic E-state index is 12.7. The molecule has 0 aliphatic rings. The van der Waals surface area contributed by atoms with Gasteiger partial charge in [0, 0.05) is 17.2 Å². The molecule has 0 radical (unpaired) electrons. The van der Waals surface area contributed by atoms with Gasteiger partial charge in [-0.3, -0.25) is 9.59 Å². The Kier molecular flexibility index (Phi) is 5.71. The Bertz CT molecular complexity index is 969. The van der Waals surface area contributed by atoms with Gasteiger partial charge in [0.1, 0.15) is 0 Å². The van der Waals surface area contributed by atoms with Crippen molar-refractivity contribution in [2.75, 3.05) is 18.9 Å². The molecule has 0 unspecified atom stereocenters. The summed E-state index contributed by atoms with van der Waals surface area (Å²) >= 11 is 3.38. The van der Waals surface area contributed by atoms with E-state index in [9.17, 15) is 9.59 Å². The summed E-state index contributed by atoms with van der Waals surface area (Å²) in [6, 6.07) is 18.6. The van der Waals surface area contributed by atoms with Crippen LogP contribution in [0.3, 0.4) is 0 Å². The van der Waals surface area contributed by atoms with E-state index >= 15 is 0 Å². The van der Waals surface area contributed by atoms with E-state index in [2.05, 4.69) is 26.3 Å². The first-order valence-corrected chi connectivity index (χ1v) is 9.17. The van der Waals surface area contributed by atoms with Crippen LogP contribution in [0.25, 0.3) is 5.69 Å². The molecule has 27 heavy (non-hydrogen) atoms. The molecule has 0 fully saturated rings. The molecule has 0 aliphatic carbocycles. The van der Waals surface area contributed by atoms with Crippen LogP contribution in [0.4, 0.5) is 5.69 Å². The number of aromatic nitrogens is 2. The number of amides is 2. The first kappa shape index (κ1) is 18.8. The van der Waals surface area contributed by atoms with Gasteiger partial charge in [0.25, 0.3) is 5.91 Å². The highest BCUT2D eigenvalue weighted by atomic mass is 79.9. The molecule has 0 saturated carbocycles. The third-order valence-corrected chi connectivity index (χ3v) is 4.67. The van der Waals surface area contributed by atoms with Crippen molar-refractivity contribution >= 4 is 33.4 Å². The molecule has 1 aromatic heterocycles. The minimum absolute atomic E-state index is 0.0720. The molecule has 138 valence electrons. The van der Waals surface area contributed by atoms with Crippen LogP contribution in [-0.2, 0) is 4.79 Å². The molecule has 0 saturated heterocycles. The van der Waals surface area contributed by atoms with E-state index in [1.807, 2.05) is 55.5 Å². The Morgan fingerprint density at radius 2 is 1.78 bits per heavy atom. The lowest BCUT2D eigenvalue weighted by Crippen LogP contribution is -2.35. The smallest absolute Gasteiger partial charge is 0.274 e. The molecule has 0 bridgehead atoms. The maximum absolute atomic E-state index is 12.7. The Hall–Kier alpha value is -2.93. The fourth-order valence-corrected chi connectivity index (χ4v) is 3.03. The zero-order chi connectivity index (χ0) is 19.4. The molecule has 0 atom stereocenters. The number of rotatable bonds is 5. The lowest BCUT2D eigenvalue weighted by molar-refractivity contribution is -0.116. The van der Waals surface area contributed by atoms with E-state index < -0.39 is 0 Å². The van der Waals surface area contributed by atoms with Crippen LogP contribution < -0.4 is 5.32 Å². The number of nitrogens with zero attached hydrogens (tertiary/aromatic N) is 3. The number of hydrogen-bond donors (Lipinski definition) is 1. The second kappa shape index (κ2) is 8.18. The van der Waals surface area contributed by atoms with E-state index in [1.165, 1.54) is 4.90 Å². The molecule has 3 aromatic rings. The lowest BCUT2D eigenvalue weighted by Gasteiger charge is -2.16. The van der Waals surface area contributed by atoms with E-state index in [-0.39, 0.29) is 18.4 Å². The number of nitrogens with one attached hydrogen (secondary N) is 1. The fourth-order valence-electron chi connectivity index (χ4n) is 2.64. The molecule has 2 amide bonds. The highest BCUT2D eigenvalue weighted by molar-refractivity contribution is 9.10. The van der Waals surface area contributed by atoms with E-state index in [4.69, 9.17) is 0 Å². The number of hydrogen-bond acceptors (Lipinski definition) is 3. The number of carbonyl (C=O) groups excluding carboxylic acids is 2.